The van der Waals surface area contributed by atoms with Crippen molar-refractivity contribution < 1.29 is 17.6 Å². The molecule has 2 aliphatic rings. The van der Waals surface area contributed by atoms with E-state index in [0.29, 0.717) is 31.5 Å². The van der Waals surface area contributed by atoms with E-state index in [1.807, 2.05) is 0 Å². The smallest absolute Gasteiger partial charge is 0.257 e. The van der Waals surface area contributed by atoms with Crippen LogP contribution in [0.2, 0.25) is 0 Å². The Bertz CT molecular complexity index is 650. The topological polar surface area (TPSA) is 67.6 Å². The second-order valence-corrected chi connectivity index (χ2v) is 9.03. The van der Waals surface area contributed by atoms with E-state index in [0.717, 1.165) is 29.3 Å². The minimum absolute atomic E-state index is 0.0170. The van der Waals surface area contributed by atoms with E-state index in [4.69, 9.17) is 4.42 Å². The number of thioether (sulfide) groups is 1. The Labute approximate surface area is 129 Å². The van der Waals surface area contributed by atoms with E-state index in [1.54, 1.807) is 22.9 Å². The molecule has 0 N–H and O–H groups in total. The predicted molar refractivity (Wildman–Crippen MR) is 82.1 cm³/mol. The minimum atomic E-state index is -3.02. The van der Waals surface area contributed by atoms with Crippen LogP contribution in [0.3, 0.4) is 0 Å². The molecule has 0 spiro atoms. The van der Waals surface area contributed by atoms with Gasteiger partial charge in [0.05, 0.1) is 16.6 Å². The van der Waals surface area contributed by atoms with Crippen LogP contribution in [0.25, 0.3) is 0 Å². The number of amides is 1. The number of furan rings is 1. The number of hydrogen-bond acceptors (Lipinski definition) is 5. The van der Waals surface area contributed by atoms with Crippen LogP contribution in [-0.4, -0.2) is 43.8 Å². The fourth-order valence-electron chi connectivity index (χ4n) is 2.99. The van der Waals surface area contributed by atoms with Gasteiger partial charge in [0, 0.05) is 30.7 Å². The fourth-order valence-corrected chi connectivity index (χ4v) is 5.17. The highest BCUT2D eigenvalue weighted by molar-refractivity contribution is 7.98. The highest BCUT2D eigenvalue weighted by atomic mass is 32.2. The predicted octanol–water partition coefficient (Wildman–Crippen LogP) is 2.07. The molecule has 1 atom stereocenters. The first-order valence-corrected chi connectivity index (χ1v) is 10.2. The molecule has 0 aromatic carbocycles. The van der Waals surface area contributed by atoms with Crippen LogP contribution >= 0.6 is 11.8 Å². The number of rotatable bonds is 2. The van der Waals surface area contributed by atoms with Gasteiger partial charge in [0.2, 0.25) is 0 Å². The van der Waals surface area contributed by atoms with Gasteiger partial charge in [-0.15, -0.1) is 11.8 Å². The standard InChI is InChI=1S/C14H19NO4S2/c1-21(17,18)10-3-2-5-15(6-4-10)14(16)11-7-19-13-9-20-8-12(11)13/h7,10H,2-6,8-9H2,1H3. The summed E-state index contributed by atoms with van der Waals surface area (Å²) in [5.41, 5.74) is 1.68. The summed E-state index contributed by atoms with van der Waals surface area (Å²) >= 11 is 1.75. The molecule has 1 aromatic rings. The van der Waals surface area contributed by atoms with Crippen molar-refractivity contribution in [2.45, 2.75) is 36.0 Å². The van der Waals surface area contributed by atoms with Crippen LogP contribution in [0.4, 0.5) is 0 Å². The van der Waals surface area contributed by atoms with Gasteiger partial charge in [-0.05, 0) is 19.3 Å². The SMILES string of the molecule is CS(=O)(=O)C1CCCN(C(=O)c2coc3c2CSC3)CC1. The van der Waals surface area contributed by atoms with Crippen LogP contribution in [0.1, 0.15) is 40.9 Å². The lowest BCUT2D eigenvalue weighted by Gasteiger charge is -2.20. The van der Waals surface area contributed by atoms with E-state index in [2.05, 4.69) is 0 Å². The molecule has 3 heterocycles. The van der Waals surface area contributed by atoms with E-state index >= 15 is 0 Å². The molecule has 2 aliphatic heterocycles. The molecule has 1 saturated heterocycles. The zero-order valence-electron chi connectivity index (χ0n) is 12.0. The lowest BCUT2D eigenvalue weighted by molar-refractivity contribution is 0.0760. The Morgan fingerprint density at radius 2 is 2.14 bits per heavy atom. The van der Waals surface area contributed by atoms with Crippen molar-refractivity contribution in [2.75, 3.05) is 19.3 Å². The number of likely N-dealkylation sites (tertiary alicyclic amines) is 1. The van der Waals surface area contributed by atoms with E-state index in [-0.39, 0.29) is 11.2 Å². The summed E-state index contributed by atoms with van der Waals surface area (Å²) in [4.78, 5) is 14.4. The Balaban J connectivity index is 1.74. The number of carbonyl (C=O) groups is 1. The molecular weight excluding hydrogens is 310 g/mol. The molecule has 1 aromatic heterocycles. The molecule has 7 heteroatoms. The molecule has 1 fully saturated rings. The average Bonchev–Trinajstić information content (AvgIpc) is 2.91. The fraction of sp³-hybridized carbons (Fsp3) is 0.643. The maximum Gasteiger partial charge on any atom is 0.257 e. The van der Waals surface area contributed by atoms with Crippen molar-refractivity contribution in [3.05, 3.63) is 23.2 Å². The number of carbonyl (C=O) groups excluding carboxylic acids is 1. The molecule has 0 saturated carbocycles. The van der Waals surface area contributed by atoms with Crippen molar-refractivity contribution in [1.29, 1.82) is 0 Å². The summed E-state index contributed by atoms with van der Waals surface area (Å²) in [6, 6.07) is 0. The largest absolute Gasteiger partial charge is 0.467 e. The molecule has 1 unspecified atom stereocenters. The minimum Gasteiger partial charge on any atom is -0.467 e. The second kappa shape index (κ2) is 5.68. The van der Waals surface area contributed by atoms with Gasteiger partial charge in [0.25, 0.3) is 5.91 Å². The van der Waals surface area contributed by atoms with Gasteiger partial charge in [0.1, 0.15) is 21.9 Å². The summed E-state index contributed by atoms with van der Waals surface area (Å²) in [6.07, 6.45) is 4.75. The first-order valence-electron chi connectivity index (χ1n) is 7.12. The molecule has 21 heavy (non-hydrogen) atoms. The Morgan fingerprint density at radius 3 is 2.90 bits per heavy atom. The first-order chi connectivity index (χ1) is 9.97. The van der Waals surface area contributed by atoms with Gasteiger partial charge in [-0.25, -0.2) is 8.42 Å². The van der Waals surface area contributed by atoms with Crippen LogP contribution in [0, 0.1) is 0 Å². The third-order valence-electron chi connectivity index (χ3n) is 4.26. The second-order valence-electron chi connectivity index (χ2n) is 5.72. The number of nitrogens with zero attached hydrogens (tertiary/aromatic N) is 1. The first kappa shape index (κ1) is 15.0. The number of hydrogen-bond donors (Lipinski definition) is 0. The van der Waals surface area contributed by atoms with Gasteiger partial charge in [-0.3, -0.25) is 4.79 Å². The van der Waals surface area contributed by atoms with Gasteiger partial charge < -0.3 is 9.32 Å². The number of fused-ring (bicyclic) bond motifs is 1. The van der Waals surface area contributed by atoms with E-state index in [1.165, 1.54) is 6.26 Å². The van der Waals surface area contributed by atoms with Gasteiger partial charge in [-0.1, -0.05) is 0 Å². The van der Waals surface area contributed by atoms with Crippen molar-refractivity contribution in [2.24, 2.45) is 0 Å². The molecule has 5 nitrogen and oxygen atoms in total. The van der Waals surface area contributed by atoms with Crippen LogP contribution in [0.15, 0.2) is 10.7 Å². The lowest BCUT2D eigenvalue weighted by atomic mass is 10.1. The summed E-state index contributed by atoms with van der Waals surface area (Å²) in [6.45, 7) is 1.13. The maximum atomic E-state index is 12.6. The molecule has 1 amide bonds. The Morgan fingerprint density at radius 1 is 1.33 bits per heavy atom. The third kappa shape index (κ3) is 2.99. The van der Waals surface area contributed by atoms with Gasteiger partial charge >= 0.3 is 0 Å². The van der Waals surface area contributed by atoms with E-state index < -0.39 is 9.84 Å². The molecule has 116 valence electrons. The maximum absolute atomic E-state index is 12.6. The Kier molecular flexibility index (Phi) is 4.05. The van der Waals surface area contributed by atoms with Crippen molar-refractivity contribution >= 4 is 27.5 Å². The average molecular weight is 329 g/mol. The molecule has 0 radical (unpaired) electrons. The van der Waals surface area contributed by atoms with Crippen LogP contribution < -0.4 is 0 Å². The van der Waals surface area contributed by atoms with Gasteiger partial charge in [-0.2, -0.15) is 0 Å². The quantitative estimate of drug-likeness (QED) is 0.831. The lowest BCUT2D eigenvalue weighted by Crippen LogP contribution is -2.33. The third-order valence-corrected chi connectivity index (χ3v) is 6.90. The number of sulfone groups is 1. The Hall–Kier alpha value is -0.950. The molecule has 0 bridgehead atoms. The summed E-state index contributed by atoms with van der Waals surface area (Å²) in [5.74, 6) is 2.55. The van der Waals surface area contributed by atoms with Crippen LogP contribution in [0.5, 0.6) is 0 Å². The van der Waals surface area contributed by atoms with Crippen molar-refractivity contribution in [1.82, 2.24) is 4.90 Å². The monoisotopic (exact) mass is 329 g/mol. The van der Waals surface area contributed by atoms with Crippen molar-refractivity contribution in [3.8, 4) is 0 Å². The summed E-state index contributed by atoms with van der Waals surface area (Å²) in [7, 11) is -3.02. The molecule has 3 rings (SSSR count). The zero-order chi connectivity index (χ0) is 15.0. The van der Waals surface area contributed by atoms with Crippen LogP contribution in [-0.2, 0) is 21.3 Å². The van der Waals surface area contributed by atoms with E-state index in [9.17, 15) is 13.2 Å². The normalized spacial score (nSPS) is 22.9. The summed E-state index contributed by atoms with van der Waals surface area (Å²) in [5, 5.41) is -0.319. The molecular formula is C14H19NO4S2. The summed E-state index contributed by atoms with van der Waals surface area (Å²) < 4.78 is 28.8. The highest BCUT2D eigenvalue weighted by Crippen LogP contribution is 2.34. The molecule has 0 aliphatic carbocycles. The van der Waals surface area contributed by atoms with Gasteiger partial charge in [0.15, 0.2) is 0 Å². The highest BCUT2D eigenvalue weighted by Gasteiger charge is 2.30. The van der Waals surface area contributed by atoms with Crippen molar-refractivity contribution in [3.63, 3.8) is 0 Å². The zero-order valence-corrected chi connectivity index (χ0v) is 13.6.